The number of rotatable bonds is 5. The number of amides is 5. The number of anilines is 2. The largest absolute Gasteiger partial charge is 0.444 e. The molecular weight excluding hydrogens is 474 g/mol. The standard InChI is InChI=1S/C27H39N5O5/c1-17-15-23(33)30-21-16-19(24(34)28-12-9-18-5-6-18)7-8-22(21)32(17)26(36)31-13-10-20(11-14-31)29-25(35)37-27(2,3)4/h7-8,16-18,20H,5-6,9-15H2,1-4H3,(H,28,34)(H,29,35)(H,30,33)/t17-/m0/s1. The summed E-state index contributed by atoms with van der Waals surface area (Å²) in [6.07, 6.45) is 4.37. The zero-order valence-corrected chi connectivity index (χ0v) is 22.3. The van der Waals surface area contributed by atoms with Crippen LogP contribution in [0.4, 0.5) is 21.0 Å². The SMILES string of the molecule is C[C@H]1CC(=O)Nc2cc(C(=O)NCCC3CC3)ccc2N1C(=O)N1CCC(NC(=O)OC(C)(C)C)CC1. The Morgan fingerprint density at radius 2 is 1.81 bits per heavy atom. The number of benzene rings is 1. The Morgan fingerprint density at radius 1 is 1.11 bits per heavy atom. The lowest BCUT2D eigenvalue weighted by Crippen LogP contribution is -2.53. The van der Waals surface area contributed by atoms with E-state index in [-0.39, 0.29) is 36.3 Å². The first kappa shape index (κ1) is 26.8. The van der Waals surface area contributed by atoms with Crippen LogP contribution in [0, 0.1) is 5.92 Å². The van der Waals surface area contributed by atoms with E-state index in [1.54, 1.807) is 28.0 Å². The second-order valence-corrected chi connectivity index (χ2v) is 11.4. The maximum absolute atomic E-state index is 13.7. The summed E-state index contributed by atoms with van der Waals surface area (Å²) in [6.45, 7) is 8.88. The lowest BCUT2D eigenvalue weighted by Gasteiger charge is -2.38. The number of carbonyl (C=O) groups excluding carboxylic acids is 4. The predicted octanol–water partition coefficient (Wildman–Crippen LogP) is 3.86. The van der Waals surface area contributed by atoms with Crippen molar-refractivity contribution in [1.29, 1.82) is 0 Å². The van der Waals surface area contributed by atoms with Gasteiger partial charge in [0.05, 0.1) is 11.4 Å². The number of carbonyl (C=O) groups is 4. The van der Waals surface area contributed by atoms with E-state index >= 15 is 0 Å². The number of urea groups is 1. The van der Waals surface area contributed by atoms with Crippen LogP contribution >= 0.6 is 0 Å². The number of likely N-dealkylation sites (tertiary alicyclic amines) is 1. The fourth-order valence-corrected chi connectivity index (χ4v) is 4.82. The average molecular weight is 514 g/mol. The van der Waals surface area contributed by atoms with Crippen LogP contribution in [0.3, 0.4) is 0 Å². The molecule has 5 amide bonds. The van der Waals surface area contributed by atoms with Crippen molar-refractivity contribution in [3.63, 3.8) is 0 Å². The first-order valence-electron chi connectivity index (χ1n) is 13.3. The van der Waals surface area contributed by atoms with Crippen LogP contribution in [-0.4, -0.2) is 66.2 Å². The van der Waals surface area contributed by atoms with E-state index in [2.05, 4.69) is 16.0 Å². The Morgan fingerprint density at radius 3 is 2.46 bits per heavy atom. The molecule has 0 radical (unpaired) electrons. The maximum Gasteiger partial charge on any atom is 0.407 e. The summed E-state index contributed by atoms with van der Waals surface area (Å²) < 4.78 is 5.34. The molecule has 4 rings (SSSR count). The van der Waals surface area contributed by atoms with Crippen LogP contribution in [0.5, 0.6) is 0 Å². The lowest BCUT2D eigenvalue weighted by atomic mass is 10.1. The minimum atomic E-state index is -0.570. The number of nitrogens with zero attached hydrogens (tertiary/aromatic N) is 2. The minimum Gasteiger partial charge on any atom is -0.444 e. The summed E-state index contributed by atoms with van der Waals surface area (Å²) >= 11 is 0. The normalized spacial score (nSPS) is 20.4. The Kier molecular flexibility index (Phi) is 7.94. The van der Waals surface area contributed by atoms with Gasteiger partial charge in [0.25, 0.3) is 5.91 Å². The van der Waals surface area contributed by atoms with Crippen LogP contribution in [-0.2, 0) is 9.53 Å². The van der Waals surface area contributed by atoms with Crippen molar-refractivity contribution in [3.05, 3.63) is 23.8 Å². The van der Waals surface area contributed by atoms with E-state index in [0.717, 1.165) is 12.3 Å². The molecule has 3 aliphatic rings. The highest BCUT2D eigenvalue weighted by atomic mass is 16.6. The summed E-state index contributed by atoms with van der Waals surface area (Å²) in [7, 11) is 0. The average Bonchev–Trinajstić information content (AvgIpc) is 3.64. The van der Waals surface area contributed by atoms with Gasteiger partial charge in [0, 0.05) is 43.7 Å². The molecular formula is C27H39N5O5. The third-order valence-corrected chi connectivity index (χ3v) is 6.94. The summed E-state index contributed by atoms with van der Waals surface area (Å²) in [5.74, 6) is 0.342. The molecule has 0 bridgehead atoms. The van der Waals surface area contributed by atoms with Crippen molar-refractivity contribution < 1.29 is 23.9 Å². The van der Waals surface area contributed by atoms with Crippen LogP contribution < -0.4 is 20.9 Å². The molecule has 0 aromatic heterocycles. The van der Waals surface area contributed by atoms with E-state index in [0.29, 0.717) is 49.4 Å². The summed E-state index contributed by atoms with van der Waals surface area (Å²) in [5, 5.41) is 8.71. The maximum atomic E-state index is 13.7. The van der Waals surface area contributed by atoms with E-state index in [1.807, 2.05) is 27.7 Å². The van der Waals surface area contributed by atoms with Gasteiger partial charge >= 0.3 is 12.1 Å². The van der Waals surface area contributed by atoms with Gasteiger partial charge < -0.3 is 25.6 Å². The Balaban J connectivity index is 1.42. The third-order valence-electron chi connectivity index (χ3n) is 6.94. The quantitative estimate of drug-likeness (QED) is 0.552. The molecule has 1 atom stereocenters. The van der Waals surface area contributed by atoms with Gasteiger partial charge in [-0.2, -0.15) is 0 Å². The molecule has 2 fully saturated rings. The van der Waals surface area contributed by atoms with Crippen LogP contribution in [0.2, 0.25) is 0 Å². The van der Waals surface area contributed by atoms with E-state index in [4.69, 9.17) is 4.74 Å². The molecule has 10 heteroatoms. The summed E-state index contributed by atoms with van der Waals surface area (Å²) in [5.41, 5.74) is 0.913. The molecule has 2 aliphatic heterocycles. The summed E-state index contributed by atoms with van der Waals surface area (Å²) in [6, 6.07) is 4.47. The number of hydrogen-bond acceptors (Lipinski definition) is 5. The first-order valence-corrected chi connectivity index (χ1v) is 13.3. The fourth-order valence-electron chi connectivity index (χ4n) is 4.82. The Hall–Kier alpha value is -3.30. The van der Waals surface area contributed by atoms with Gasteiger partial charge in [-0.15, -0.1) is 0 Å². The predicted molar refractivity (Wildman–Crippen MR) is 141 cm³/mol. The van der Waals surface area contributed by atoms with Crippen LogP contribution in [0.25, 0.3) is 0 Å². The van der Waals surface area contributed by atoms with Crippen molar-refractivity contribution in [3.8, 4) is 0 Å². The van der Waals surface area contributed by atoms with E-state index in [1.165, 1.54) is 12.8 Å². The Bertz CT molecular complexity index is 1040. The number of alkyl carbamates (subject to hydrolysis) is 1. The first-order chi connectivity index (χ1) is 17.5. The third kappa shape index (κ3) is 7.14. The van der Waals surface area contributed by atoms with Crippen molar-refractivity contribution in [2.45, 2.75) is 83.9 Å². The van der Waals surface area contributed by atoms with Gasteiger partial charge in [-0.1, -0.05) is 12.8 Å². The van der Waals surface area contributed by atoms with E-state index in [9.17, 15) is 19.2 Å². The Labute approximate surface area is 218 Å². The number of fused-ring (bicyclic) bond motifs is 1. The van der Waals surface area contributed by atoms with Crippen molar-refractivity contribution in [2.24, 2.45) is 5.92 Å². The highest BCUT2D eigenvalue weighted by Crippen LogP contribution is 2.34. The molecule has 1 aromatic rings. The van der Waals surface area contributed by atoms with Gasteiger partial charge in [0.15, 0.2) is 0 Å². The van der Waals surface area contributed by atoms with Gasteiger partial charge in [0.1, 0.15) is 5.60 Å². The molecule has 0 spiro atoms. The molecule has 1 aromatic carbocycles. The van der Waals surface area contributed by atoms with Gasteiger partial charge in [-0.3, -0.25) is 14.5 Å². The topological polar surface area (TPSA) is 120 Å². The molecule has 0 unspecified atom stereocenters. The molecule has 10 nitrogen and oxygen atoms in total. The monoisotopic (exact) mass is 513 g/mol. The highest BCUT2D eigenvalue weighted by Gasteiger charge is 2.35. The second kappa shape index (κ2) is 11.0. The summed E-state index contributed by atoms with van der Waals surface area (Å²) in [4.78, 5) is 54.4. The van der Waals surface area contributed by atoms with E-state index < -0.39 is 11.7 Å². The van der Waals surface area contributed by atoms with Gasteiger partial charge in [-0.25, -0.2) is 9.59 Å². The minimum absolute atomic E-state index is 0.0722. The molecule has 1 aliphatic carbocycles. The van der Waals surface area contributed by atoms with Crippen molar-refractivity contribution in [1.82, 2.24) is 15.5 Å². The number of piperidine rings is 1. The molecule has 1 saturated heterocycles. The van der Waals surface area contributed by atoms with Crippen molar-refractivity contribution >= 4 is 35.3 Å². The van der Waals surface area contributed by atoms with Crippen molar-refractivity contribution in [2.75, 3.05) is 29.9 Å². The van der Waals surface area contributed by atoms with Crippen LogP contribution in [0.15, 0.2) is 18.2 Å². The molecule has 37 heavy (non-hydrogen) atoms. The molecule has 1 saturated carbocycles. The number of nitrogens with one attached hydrogen (secondary N) is 3. The molecule has 3 N–H and O–H groups in total. The molecule has 2 heterocycles. The van der Waals surface area contributed by atoms with Crippen LogP contribution in [0.1, 0.15) is 76.6 Å². The smallest absolute Gasteiger partial charge is 0.407 e. The lowest BCUT2D eigenvalue weighted by molar-refractivity contribution is -0.116. The highest BCUT2D eigenvalue weighted by molar-refractivity contribution is 6.06. The zero-order chi connectivity index (χ0) is 26.7. The van der Waals surface area contributed by atoms with Gasteiger partial charge in [0.2, 0.25) is 5.91 Å². The second-order valence-electron chi connectivity index (χ2n) is 11.4. The fraction of sp³-hybridized carbons (Fsp3) is 0.630. The number of ether oxygens (including phenoxy) is 1. The molecule has 202 valence electrons. The van der Waals surface area contributed by atoms with Gasteiger partial charge in [-0.05, 0) is 71.1 Å². The number of hydrogen-bond donors (Lipinski definition) is 3. The zero-order valence-electron chi connectivity index (χ0n) is 22.3.